The summed E-state index contributed by atoms with van der Waals surface area (Å²) in [6.07, 6.45) is 2.39. The van der Waals surface area contributed by atoms with Crippen LogP contribution in [0.3, 0.4) is 0 Å². The minimum Gasteiger partial charge on any atom is -0.330 e. The first kappa shape index (κ1) is 10.3. The average molecular weight is 230 g/mol. The first-order valence-electron chi connectivity index (χ1n) is 4.88. The maximum absolute atomic E-state index is 6.15. The number of hydrogen-bond donors (Lipinski definition) is 1. The number of hydrogen-bond acceptors (Lipinski definition) is 1. The molecule has 2 N–H and O–H groups in total. The summed E-state index contributed by atoms with van der Waals surface area (Å²) in [5.41, 5.74) is 6.84. The van der Waals surface area contributed by atoms with Crippen LogP contribution in [0.4, 0.5) is 0 Å². The Morgan fingerprint density at radius 2 is 2.07 bits per heavy atom. The monoisotopic (exact) mass is 229 g/mol. The molecule has 0 radical (unpaired) electrons. The zero-order valence-electron chi connectivity index (χ0n) is 7.84. The molecule has 1 nitrogen and oxygen atoms in total. The third kappa shape index (κ3) is 1.65. The van der Waals surface area contributed by atoms with E-state index in [9.17, 15) is 0 Å². The van der Waals surface area contributed by atoms with Crippen molar-refractivity contribution in [2.75, 3.05) is 6.54 Å². The third-order valence-electron chi connectivity index (χ3n) is 3.10. The van der Waals surface area contributed by atoms with Crippen LogP contribution in [0.1, 0.15) is 24.3 Å². The molecule has 0 spiro atoms. The lowest BCUT2D eigenvalue weighted by Crippen LogP contribution is -2.30. The Kier molecular flexibility index (Phi) is 3.01. The van der Waals surface area contributed by atoms with Crippen molar-refractivity contribution in [3.63, 3.8) is 0 Å². The highest BCUT2D eigenvalue weighted by molar-refractivity contribution is 6.42. The van der Waals surface area contributed by atoms with Crippen LogP contribution in [-0.2, 0) is 0 Å². The minimum atomic E-state index is 0.520. The van der Waals surface area contributed by atoms with Gasteiger partial charge in [0.1, 0.15) is 0 Å². The van der Waals surface area contributed by atoms with E-state index in [4.69, 9.17) is 28.9 Å². The molecule has 1 aliphatic rings. The second kappa shape index (κ2) is 4.09. The van der Waals surface area contributed by atoms with E-state index in [1.807, 2.05) is 12.1 Å². The zero-order chi connectivity index (χ0) is 10.1. The predicted octanol–water partition coefficient (Wildman–Crippen LogP) is 3.45. The summed E-state index contributed by atoms with van der Waals surface area (Å²) in [5, 5.41) is 1.35. The predicted molar refractivity (Wildman–Crippen MR) is 61.0 cm³/mol. The molecule has 0 saturated heterocycles. The maximum Gasteiger partial charge on any atom is 0.0627 e. The van der Waals surface area contributed by atoms with Gasteiger partial charge in [0.25, 0.3) is 0 Å². The molecule has 1 aliphatic carbocycles. The second-order valence-electron chi connectivity index (χ2n) is 3.82. The lowest BCUT2D eigenvalue weighted by atomic mass is 9.70. The minimum absolute atomic E-state index is 0.520. The van der Waals surface area contributed by atoms with Crippen LogP contribution in [0, 0.1) is 5.92 Å². The van der Waals surface area contributed by atoms with Crippen molar-refractivity contribution in [1.82, 2.24) is 0 Å². The molecule has 0 bridgehead atoms. The van der Waals surface area contributed by atoms with E-state index in [1.165, 1.54) is 18.4 Å². The van der Waals surface area contributed by atoms with Gasteiger partial charge in [-0.25, -0.2) is 0 Å². The Bertz CT molecular complexity index is 336. The Labute approximate surface area is 94.2 Å². The van der Waals surface area contributed by atoms with Crippen LogP contribution < -0.4 is 5.73 Å². The van der Waals surface area contributed by atoms with Gasteiger partial charge in [-0.3, -0.25) is 0 Å². The topological polar surface area (TPSA) is 26.0 Å². The molecular weight excluding hydrogens is 217 g/mol. The first-order valence-corrected chi connectivity index (χ1v) is 5.63. The molecular formula is C11H13Cl2N. The summed E-state index contributed by atoms with van der Waals surface area (Å²) in [5.74, 6) is 1.11. The summed E-state index contributed by atoms with van der Waals surface area (Å²) < 4.78 is 0. The van der Waals surface area contributed by atoms with Crippen molar-refractivity contribution in [2.45, 2.75) is 18.8 Å². The molecule has 0 aromatic heterocycles. The first-order chi connectivity index (χ1) is 6.74. The highest BCUT2D eigenvalue weighted by Crippen LogP contribution is 2.45. The Hall–Kier alpha value is -0.240. The molecule has 0 heterocycles. The van der Waals surface area contributed by atoms with E-state index < -0.39 is 0 Å². The standard InChI is InChI=1S/C11H13Cl2N/c12-10-3-1-2-9(11(10)13)8-5-4-7(8)6-14/h1-3,7-8H,4-6,14H2. The molecule has 3 heteroatoms. The van der Waals surface area contributed by atoms with Crippen LogP contribution in [-0.4, -0.2) is 6.54 Å². The fourth-order valence-corrected chi connectivity index (χ4v) is 2.52. The lowest BCUT2D eigenvalue weighted by Gasteiger charge is -2.36. The number of rotatable bonds is 2. The van der Waals surface area contributed by atoms with Gasteiger partial charge in [0, 0.05) is 0 Å². The van der Waals surface area contributed by atoms with Gasteiger partial charge in [0.15, 0.2) is 0 Å². The van der Waals surface area contributed by atoms with E-state index in [0.717, 1.165) is 6.54 Å². The lowest BCUT2D eigenvalue weighted by molar-refractivity contribution is 0.263. The van der Waals surface area contributed by atoms with E-state index in [0.29, 0.717) is 21.9 Å². The third-order valence-corrected chi connectivity index (χ3v) is 3.93. The summed E-state index contributed by atoms with van der Waals surface area (Å²) in [4.78, 5) is 0. The van der Waals surface area contributed by atoms with Crippen LogP contribution in [0.2, 0.25) is 10.0 Å². The summed E-state index contributed by atoms with van der Waals surface area (Å²) in [6.45, 7) is 0.744. The van der Waals surface area contributed by atoms with E-state index in [-0.39, 0.29) is 0 Å². The van der Waals surface area contributed by atoms with Gasteiger partial charge in [-0.1, -0.05) is 35.3 Å². The van der Waals surface area contributed by atoms with Gasteiger partial charge in [0.2, 0.25) is 0 Å². The van der Waals surface area contributed by atoms with Crippen LogP contribution in [0.15, 0.2) is 18.2 Å². The van der Waals surface area contributed by atoms with Crippen LogP contribution in [0.25, 0.3) is 0 Å². The molecule has 1 fully saturated rings. The molecule has 1 saturated carbocycles. The number of nitrogens with two attached hydrogens (primary N) is 1. The van der Waals surface area contributed by atoms with Gasteiger partial charge < -0.3 is 5.73 Å². The van der Waals surface area contributed by atoms with Gasteiger partial charge in [-0.05, 0) is 42.9 Å². The van der Waals surface area contributed by atoms with E-state index in [1.54, 1.807) is 0 Å². The normalized spacial score (nSPS) is 25.9. The molecule has 2 unspecified atom stereocenters. The van der Waals surface area contributed by atoms with E-state index in [2.05, 4.69) is 6.07 Å². The van der Waals surface area contributed by atoms with Crippen molar-refractivity contribution in [3.05, 3.63) is 33.8 Å². The average Bonchev–Trinajstić information content (AvgIpc) is 2.12. The summed E-state index contributed by atoms with van der Waals surface area (Å²) >= 11 is 12.1. The molecule has 2 atom stereocenters. The fourth-order valence-electron chi connectivity index (χ4n) is 2.07. The quantitative estimate of drug-likeness (QED) is 0.827. The highest BCUT2D eigenvalue weighted by Gasteiger charge is 2.32. The van der Waals surface area contributed by atoms with Crippen molar-refractivity contribution in [2.24, 2.45) is 11.7 Å². The van der Waals surface area contributed by atoms with Crippen molar-refractivity contribution < 1.29 is 0 Å². The Morgan fingerprint density at radius 3 is 2.64 bits per heavy atom. The largest absolute Gasteiger partial charge is 0.330 e. The molecule has 1 aromatic rings. The smallest absolute Gasteiger partial charge is 0.0627 e. The zero-order valence-corrected chi connectivity index (χ0v) is 9.35. The Balaban J connectivity index is 2.28. The molecule has 0 amide bonds. The van der Waals surface area contributed by atoms with Crippen molar-refractivity contribution in [1.29, 1.82) is 0 Å². The van der Waals surface area contributed by atoms with Crippen molar-refractivity contribution in [3.8, 4) is 0 Å². The highest BCUT2D eigenvalue weighted by atomic mass is 35.5. The SMILES string of the molecule is NCC1CCC1c1cccc(Cl)c1Cl. The number of benzene rings is 1. The number of halogens is 2. The molecule has 0 aliphatic heterocycles. The molecule has 1 aromatic carbocycles. The summed E-state index contributed by atoms with van der Waals surface area (Å²) in [6, 6.07) is 5.83. The van der Waals surface area contributed by atoms with Gasteiger partial charge in [0.05, 0.1) is 10.0 Å². The Morgan fingerprint density at radius 1 is 1.29 bits per heavy atom. The van der Waals surface area contributed by atoms with Crippen LogP contribution >= 0.6 is 23.2 Å². The second-order valence-corrected chi connectivity index (χ2v) is 4.61. The molecule has 14 heavy (non-hydrogen) atoms. The van der Waals surface area contributed by atoms with Crippen molar-refractivity contribution >= 4 is 23.2 Å². The summed E-state index contributed by atoms with van der Waals surface area (Å²) in [7, 11) is 0. The van der Waals surface area contributed by atoms with Gasteiger partial charge in [-0.2, -0.15) is 0 Å². The van der Waals surface area contributed by atoms with Crippen LogP contribution in [0.5, 0.6) is 0 Å². The fraction of sp³-hybridized carbons (Fsp3) is 0.455. The van der Waals surface area contributed by atoms with Gasteiger partial charge >= 0.3 is 0 Å². The maximum atomic E-state index is 6.15. The van der Waals surface area contributed by atoms with E-state index >= 15 is 0 Å². The van der Waals surface area contributed by atoms with Gasteiger partial charge in [-0.15, -0.1) is 0 Å². The molecule has 2 rings (SSSR count). The molecule has 76 valence electrons.